The smallest absolute Gasteiger partial charge is 0.287 e. The van der Waals surface area contributed by atoms with Crippen LogP contribution in [0.2, 0.25) is 0 Å². The number of aryl methyl sites for hydroxylation is 1. The number of nitrogens with two attached hydrogens (primary N) is 1. The van der Waals surface area contributed by atoms with Crippen LogP contribution in [-0.4, -0.2) is 21.5 Å². The summed E-state index contributed by atoms with van der Waals surface area (Å²) in [7, 11) is 1.65. The number of hydrogen-bond acceptors (Lipinski definition) is 4. The molecule has 0 radical (unpaired) electrons. The molecule has 1 rings (SSSR count). The van der Waals surface area contributed by atoms with Crippen molar-refractivity contribution in [1.29, 1.82) is 0 Å². The lowest BCUT2D eigenvalue weighted by molar-refractivity contribution is -0.117. The molecule has 0 saturated carbocycles. The number of aromatic nitrogens is 2. The van der Waals surface area contributed by atoms with Gasteiger partial charge in [-0.15, -0.1) is 12.4 Å². The van der Waals surface area contributed by atoms with Crippen LogP contribution in [0.4, 0.5) is 0 Å². The number of nitrogens with one attached hydrogen (secondary N) is 1. The number of rotatable bonds is 2. The minimum atomic E-state index is -0.844. The molecule has 1 heterocycles. The Kier molecular flexibility index (Phi) is 4.09. The van der Waals surface area contributed by atoms with E-state index < -0.39 is 11.7 Å². The van der Waals surface area contributed by atoms with Gasteiger partial charge in [0.2, 0.25) is 0 Å². The largest absolute Gasteiger partial charge is 0.306 e. The van der Waals surface area contributed by atoms with E-state index in [9.17, 15) is 9.59 Å². The van der Waals surface area contributed by atoms with Crippen LogP contribution in [0.1, 0.15) is 10.4 Å². The normalized spacial score (nSPS) is 8.77. The van der Waals surface area contributed by atoms with Crippen LogP contribution >= 0.6 is 12.4 Å². The molecule has 0 atom stereocenters. The van der Waals surface area contributed by atoms with Crippen LogP contribution in [0.5, 0.6) is 0 Å². The second kappa shape index (κ2) is 4.58. The topological polar surface area (TPSA) is 90.0 Å². The minimum Gasteiger partial charge on any atom is -0.287 e. The highest BCUT2D eigenvalue weighted by atomic mass is 35.5. The van der Waals surface area contributed by atoms with Crippen molar-refractivity contribution in [2.45, 2.75) is 0 Å². The van der Waals surface area contributed by atoms with Crippen LogP contribution in [-0.2, 0) is 11.8 Å². The summed E-state index contributed by atoms with van der Waals surface area (Å²) in [6, 6.07) is 0. The Morgan fingerprint density at radius 2 is 2.23 bits per heavy atom. The van der Waals surface area contributed by atoms with Crippen molar-refractivity contribution < 1.29 is 9.59 Å². The summed E-state index contributed by atoms with van der Waals surface area (Å²) in [6.45, 7) is 0. The van der Waals surface area contributed by atoms with Gasteiger partial charge in [0.15, 0.2) is 0 Å². The lowest BCUT2D eigenvalue weighted by Gasteiger charge is -1.93. The first-order valence-corrected chi connectivity index (χ1v) is 3.19. The monoisotopic (exact) mass is 204 g/mol. The fraction of sp³-hybridized carbons (Fsp3) is 0.167. The molecule has 0 bridgehead atoms. The Hall–Kier alpha value is -1.40. The number of amides is 1. The molecule has 0 spiro atoms. The highest BCUT2D eigenvalue weighted by molar-refractivity contribution is 6.42. The molecule has 1 aromatic heterocycles. The van der Waals surface area contributed by atoms with Crippen LogP contribution < -0.4 is 11.3 Å². The molecule has 1 amide bonds. The lowest BCUT2D eigenvalue weighted by atomic mass is 10.2. The number of hydrogen-bond donors (Lipinski definition) is 2. The van der Waals surface area contributed by atoms with Crippen molar-refractivity contribution in [3.8, 4) is 0 Å². The first-order chi connectivity index (χ1) is 5.65. The second-order valence-electron chi connectivity index (χ2n) is 2.21. The first kappa shape index (κ1) is 11.6. The number of hydrazine groups is 1. The molecule has 0 aliphatic heterocycles. The van der Waals surface area contributed by atoms with Crippen molar-refractivity contribution in [1.82, 2.24) is 15.2 Å². The van der Waals surface area contributed by atoms with Gasteiger partial charge in [-0.2, -0.15) is 5.10 Å². The van der Waals surface area contributed by atoms with Crippen molar-refractivity contribution in [3.63, 3.8) is 0 Å². The van der Waals surface area contributed by atoms with E-state index >= 15 is 0 Å². The number of Topliss-reactive ketones (excluding diaryl/α,β-unsaturated/α-hetero) is 1. The van der Waals surface area contributed by atoms with E-state index in [1.165, 1.54) is 17.1 Å². The molecule has 0 aliphatic rings. The summed E-state index contributed by atoms with van der Waals surface area (Å²) in [6.07, 6.45) is 2.75. The van der Waals surface area contributed by atoms with E-state index in [1.54, 1.807) is 12.5 Å². The lowest BCUT2D eigenvalue weighted by Crippen LogP contribution is -2.36. The van der Waals surface area contributed by atoms with Gasteiger partial charge in [-0.05, 0) is 0 Å². The predicted octanol–water partition coefficient (Wildman–Crippen LogP) is -0.986. The summed E-state index contributed by atoms with van der Waals surface area (Å²) in [5.74, 6) is 3.24. The third-order valence-corrected chi connectivity index (χ3v) is 1.30. The number of nitrogens with zero attached hydrogens (tertiary/aromatic N) is 2. The fourth-order valence-corrected chi connectivity index (χ4v) is 0.735. The standard InChI is InChI=1S/C6H8N4O2.ClH/c1-10-3-4(2-8-10)5(11)6(12)9-7;/h2-3H,7H2,1H3,(H,9,12);1H. The zero-order valence-electron chi connectivity index (χ0n) is 6.85. The van der Waals surface area contributed by atoms with Crippen molar-refractivity contribution in [2.24, 2.45) is 12.9 Å². The second-order valence-corrected chi connectivity index (χ2v) is 2.21. The molecule has 72 valence electrons. The van der Waals surface area contributed by atoms with Crippen LogP contribution in [0.3, 0.4) is 0 Å². The maximum atomic E-state index is 11.0. The van der Waals surface area contributed by atoms with Crippen LogP contribution in [0.15, 0.2) is 12.4 Å². The zero-order valence-corrected chi connectivity index (χ0v) is 7.67. The van der Waals surface area contributed by atoms with E-state index in [4.69, 9.17) is 5.84 Å². The molecule has 3 N–H and O–H groups in total. The molecule has 0 saturated heterocycles. The molecular weight excluding hydrogens is 196 g/mol. The van der Waals surface area contributed by atoms with Gasteiger partial charge in [0.05, 0.1) is 11.8 Å². The summed E-state index contributed by atoms with van der Waals surface area (Å²) >= 11 is 0. The molecule has 7 heteroatoms. The molecular formula is C6H9ClN4O2. The molecule has 0 aliphatic carbocycles. The van der Waals surface area contributed by atoms with E-state index in [0.717, 1.165) is 0 Å². The van der Waals surface area contributed by atoms with Gasteiger partial charge in [-0.25, -0.2) is 5.84 Å². The van der Waals surface area contributed by atoms with Gasteiger partial charge >= 0.3 is 5.91 Å². The number of carbonyl (C=O) groups is 2. The summed E-state index contributed by atoms with van der Waals surface area (Å²) in [4.78, 5) is 21.7. The van der Waals surface area contributed by atoms with Gasteiger partial charge in [-0.3, -0.25) is 19.7 Å². The predicted molar refractivity (Wildman–Crippen MR) is 47.1 cm³/mol. The molecule has 0 fully saturated rings. The minimum absolute atomic E-state index is 0. The van der Waals surface area contributed by atoms with Gasteiger partial charge in [0.1, 0.15) is 0 Å². The van der Waals surface area contributed by atoms with Crippen LogP contribution in [0, 0.1) is 0 Å². The molecule has 13 heavy (non-hydrogen) atoms. The summed E-state index contributed by atoms with van der Waals surface area (Å²) in [5.41, 5.74) is 1.97. The van der Waals surface area contributed by atoms with E-state index in [0.29, 0.717) is 0 Å². The third kappa shape index (κ3) is 2.53. The highest BCUT2D eigenvalue weighted by Crippen LogP contribution is 1.96. The Morgan fingerprint density at radius 1 is 1.62 bits per heavy atom. The number of halogens is 1. The van der Waals surface area contributed by atoms with Gasteiger partial charge in [0.25, 0.3) is 5.78 Å². The van der Waals surface area contributed by atoms with Crippen molar-refractivity contribution >= 4 is 24.1 Å². The molecule has 1 aromatic rings. The van der Waals surface area contributed by atoms with Gasteiger partial charge < -0.3 is 0 Å². The van der Waals surface area contributed by atoms with Crippen molar-refractivity contribution in [3.05, 3.63) is 18.0 Å². The van der Waals surface area contributed by atoms with E-state index in [-0.39, 0.29) is 18.0 Å². The van der Waals surface area contributed by atoms with Crippen LogP contribution in [0.25, 0.3) is 0 Å². The fourth-order valence-electron chi connectivity index (χ4n) is 0.735. The Labute approximate surface area is 80.5 Å². The SMILES string of the molecule is Cl.Cn1cc(C(=O)C(=O)NN)cn1. The molecule has 6 nitrogen and oxygen atoms in total. The van der Waals surface area contributed by atoms with E-state index in [1.807, 2.05) is 0 Å². The quantitative estimate of drug-likeness (QED) is 0.213. The average molecular weight is 205 g/mol. The maximum absolute atomic E-state index is 11.0. The van der Waals surface area contributed by atoms with Crippen molar-refractivity contribution in [2.75, 3.05) is 0 Å². The summed E-state index contributed by atoms with van der Waals surface area (Å²) in [5, 5.41) is 3.73. The number of ketones is 1. The van der Waals surface area contributed by atoms with Gasteiger partial charge in [-0.1, -0.05) is 0 Å². The Bertz CT molecular complexity index is 322. The Morgan fingerprint density at radius 3 is 2.62 bits per heavy atom. The molecule has 0 unspecified atom stereocenters. The van der Waals surface area contributed by atoms with E-state index in [2.05, 4.69) is 5.10 Å². The third-order valence-electron chi connectivity index (χ3n) is 1.30. The first-order valence-electron chi connectivity index (χ1n) is 3.19. The Balaban J connectivity index is 0.00000144. The molecule has 0 aromatic carbocycles. The number of carbonyl (C=O) groups excluding carboxylic acids is 2. The zero-order chi connectivity index (χ0) is 9.14. The van der Waals surface area contributed by atoms with Gasteiger partial charge in [0, 0.05) is 13.2 Å². The highest BCUT2D eigenvalue weighted by Gasteiger charge is 2.15. The average Bonchev–Trinajstić information content (AvgIpc) is 2.49. The summed E-state index contributed by atoms with van der Waals surface area (Å²) < 4.78 is 1.43. The maximum Gasteiger partial charge on any atom is 0.306 e.